The number of rotatable bonds is 6. The van der Waals surface area contributed by atoms with E-state index in [-0.39, 0.29) is 36.9 Å². The van der Waals surface area contributed by atoms with Gasteiger partial charge in [-0.25, -0.2) is 4.79 Å². The number of nitrogens with one attached hydrogen (secondary N) is 1. The summed E-state index contributed by atoms with van der Waals surface area (Å²) >= 11 is 0. The van der Waals surface area contributed by atoms with Gasteiger partial charge in [0.15, 0.2) is 0 Å². The lowest BCUT2D eigenvalue weighted by molar-refractivity contribution is -0.140. The molecule has 0 radical (unpaired) electrons. The van der Waals surface area contributed by atoms with Crippen LogP contribution in [-0.4, -0.2) is 31.0 Å². The molecule has 2 aromatic rings. The molecule has 2 heterocycles. The number of hydrogen-bond donors (Lipinski definition) is 1. The second-order valence-corrected chi connectivity index (χ2v) is 7.20. The summed E-state index contributed by atoms with van der Waals surface area (Å²) in [6.45, 7) is 2.25. The van der Waals surface area contributed by atoms with Crippen LogP contribution >= 0.6 is 0 Å². The fraction of sp³-hybridized carbons (Fsp3) is 0.364. The van der Waals surface area contributed by atoms with Crippen molar-refractivity contribution in [2.75, 3.05) is 13.2 Å². The summed E-state index contributed by atoms with van der Waals surface area (Å²) in [6.07, 6.45) is 2.80. The number of para-hydroxylation sites is 1. The van der Waals surface area contributed by atoms with Crippen LogP contribution in [0.4, 0.5) is 0 Å². The van der Waals surface area contributed by atoms with Crippen molar-refractivity contribution in [3.05, 3.63) is 65.8 Å². The number of hydrogen-bond acceptors (Lipinski definition) is 6. The van der Waals surface area contributed by atoms with Crippen LogP contribution in [0.2, 0.25) is 0 Å². The first-order valence-corrected chi connectivity index (χ1v) is 9.52. The van der Waals surface area contributed by atoms with Gasteiger partial charge in [0.25, 0.3) is 0 Å². The summed E-state index contributed by atoms with van der Waals surface area (Å²) < 4.78 is 16.4. The molecule has 0 spiro atoms. The Morgan fingerprint density at radius 2 is 2.00 bits per heavy atom. The standard InChI is InChI=1S/C22H23NO5/c1-14-20-17(12-15(13-18(20)24)19-8-5-9-27-19)23-21(14)22(25)28-11-10-26-16-6-3-2-4-7-16/h2-9,15,17,20,23H,10-13H2,1H3. The number of Topliss-reactive ketones (excluding diaryl/α,β-unsaturated/α-hetero) is 1. The van der Waals surface area contributed by atoms with E-state index in [0.717, 1.165) is 23.5 Å². The molecule has 3 atom stereocenters. The highest BCUT2D eigenvalue weighted by molar-refractivity contribution is 5.94. The van der Waals surface area contributed by atoms with Crippen molar-refractivity contribution >= 4 is 11.8 Å². The molecule has 1 aliphatic carbocycles. The van der Waals surface area contributed by atoms with E-state index in [0.29, 0.717) is 12.1 Å². The van der Waals surface area contributed by atoms with Gasteiger partial charge in [-0.3, -0.25) is 4.79 Å². The molecule has 2 aliphatic rings. The largest absolute Gasteiger partial charge is 0.490 e. The fourth-order valence-electron chi connectivity index (χ4n) is 4.10. The average Bonchev–Trinajstić information content (AvgIpc) is 3.34. The van der Waals surface area contributed by atoms with Crippen molar-refractivity contribution in [3.8, 4) is 5.75 Å². The summed E-state index contributed by atoms with van der Waals surface area (Å²) in [5.41, 5.74) is 1.17. The maximum absolute atomic E-state index is 12.7. The molecule has 28 heavy (non-hydrogen) atoms. The topological polar surface area (TPSA) is 77.8 Å². The second kappa shape index (κ2) is 7.92. The third kappa shape index (κ3) is 3.67. The molecule has 6 heteroatoms. The van der Waals surface area contributed by atoms with E-state index in [2.05, 4.69) is 5.32 Å². The highest BCUT2D eigenvalue weighted by atomic mass is 16.6. The average molecular weight is 381 g/mol. The van der Waals surface area contributed by atoms with Crippen molar-refractivity contribution in [1.29, 1.82) is 0 Å². The molecule has 1 fully saturated rings. The molecule has 1 aromatic heterocycles. The number of esters is 1. The maximum atomic E-state index is 12.7. The first-order chi connectivity index (χ1) is 13.6. The molecule has 3 unspecified atom stereocenters. The molecule has 4 rings (SSSR count). The van der Waals surface area contributed by atoms with E-state index in [1.165, 1.54) is 0 Å². The highest BCUT2D eigenvalue weighted by Crippen LogP contribution is 2.41. The number of ketones is 1. The predicted molar refractivity (Wildman–Crippen MR) is 102 cm³/mol. The van der Waals surface area contributed by atoms with Crippen LogP contribution < -0.4 is 10.1 Å². The Balaban J connectivity index is 1.33. The SMILES string of the molecule is CC1=C(C(=O)OCCOc2ccccc2)NC2CC(c3ccco3)CC(=O)C12. The number of carbonyl (C=O) groups excluding carboxylic acids is 2. The van der Waals surface area contributed by atoms with E-state index in [1.807, 2.05) is 49.4 Å². The van der Waals surface area contributed by atoms with Gasteiger partial charge in [-0.2, -0.15) is 0 Å². The van der Waals surface area contributed by atoms with Crippen LogP contribution in [0.25, 0.3) is 0 Å². The zero-order chi connectivity index (χ0) is 19.5. The van der Waals surface area contributed by atoms with Crippen LogP contribution in [-0.2, 0) is 14.3 Å². The smallest absolute Gasteiger partial charge is 0.354 e. The first kappa shape index (κ1) is 18.3. The molecule has 6 nitrogen and oxygen atoms in total. The molecule has 146 valence electrons. The van der Waals surface area contributed by atoms with E-state index in [4.69, 9.17) is 13.9 Å². The van der Waals surface area contributed by atoms with Gasteiger partial charge in [-0.1, -0.05) is 18.2 Å². The Morgan fingerprint density at radius 1 is 1.18 bits per heavy atom. The van der Waals surface area contributed by atoms with Crippen molar-refractivity contribution in [2.45, 2.75) is 31.7 Å². The molecule has 1 aliphatic heterocycles. The maximum Gasteiger partial charge on any atom is 0.354 e. The highest BCUT2D eigenvalue weighted by Gasteiger charge is 2.45. The number of fused-ring (bicyclic) bond motifs is 1. The number of furan rings is 1. The number of benzene rings is 1. The first-order valence-electron chi connectivity index (χ1n) is 9.52. The van der Waals surface area contributed by atoms with Gasteiger partial charge < -0.3 is 19.2 Å². The Bertz CT molecular complexity index is 872. The monoisotopic (exact) mass is 381 g/mol. The molecule has 1 N–H and O–H groups in total. The van der Waals surface area contributed by atoms with E-state index >= 15 is 0 Å². The molecule has 0 bridgehead atoms. The summed E-state index contributed by atoms with van der Waals surface area (Å²) in [5.74, 6) is 1.02. The minimum absolute atomic E-state index is 0.0405. The molecule has 0 amide bonds. The normalized spacial score (nSPS) is 23.9. The molecule has 1 saturated carbocycles. The molecule has 1 aromatic carbocycles. The molecular weight excluding hydrogens is 358 g/mol. The lowest BCUT2D eigenvalue weighted by Crippen LogP contribution is -2.40. The van der Waals surface area contributed by atoms with Gasteiger partial charge in [0.1, 0.15) is 36.2 Å². The second-order valence-electron chi connectivity index (χ2n) is 7.20. The zero-order valence-corrected chi connectivity index (χ0v) is 15.7. The summed E-state index contributed by atoms with van der Waals surface area (Å²) in [7, 11) is 0. The van der Waals surface area contributed by atoms with Crippen LogP contribution in [0.15, 0.2) is 64.4 Å². The van der Waals surface area contributed by atoms with Crippen molar-refractivity contribution < 1.29 is 23.5 Å². The summed E-state index contributed by atoms with van der Waals surface area (Å²) in [4.78, 5) is 25.2. The Morgan fingerprint density at radius 3 is 2.75 bits per heavy atom. The van der Waals surface area contributed by atoms with Gasteiger partial charge >= 0.3 is 5.97 Å². The minimum Gasteiger partial charge on any atom is -0.490 e. The van der Waals surface area contributed by atoms with Crippen LogP contribution in [0.3, 0.4) is 0 Å². The van der Waals surface area contributed by atoms with Gasteiger partial charge in [-0.05, 0) is 43.2 Å². The summed E-state index contributed by atoms with van der Waals surface area (Å²) in [5, 5.41) is 3.23. The van der Waals surface area contributed by atoms with Crippen LogP contribution in [0.1, 0.15) is 31.4 Å². The Kier molecular flexibility index (Phi) is 5.19. The Labute approximate surface area is 163 Å². The van der Waals surface area contributed by atoms with Crippen molar-refractivity contribution in [1.82, 2.24) is 5.32 Å². The molecule has 0 saturated heterocycles. The summed E-state index contributed by atoms with van der Waals surface area (Å²) in [6, 6.07) is 13.0. The van der Waals surface area contributed by atoms with Gasteiger partial charge in [0, 0.05) is 18.4 Å². The van der Waals surface area contributed by atoms with Crippen LogP contribution in [0, 0.1) is 5.92 Å². The lowest BCUT2D eigenvalue weighted by atomic mass is 9.75. The molecular formula is C22H23NO5. The third-order valence-electron chi connectivity index (χ3n) is 5.40. The Hall–Kier alpha value is -3.02. The predicted octanol–water partition coefficient (Wildman–Crippen LogP) is 3.21. The quantitative estimate of drug-likeness (QED) is 0.612. The minimum atomic E-state index is -0.439. The van der Waals surface area contributed by atoms with Crippen molar-refractivity contribution in [3.63, 3.8) is 0 Å². The van der Waals surface area contributed by atoms with E-state index in [9.17, 15) is 9.59 Å². The van der Waals surface area contributed by atoms with E-state index < -0.39 is 5.97 Å². The van der Waals surface area contributed by atoms with Gasteiger partial charge in [0.05, 0.1) is 12.2 Å². The third-order valence-corrected chi connectivity index (χ3v) is 5.40. The lowest BCUT2D eigenvalue weighted by Gasteiger charge is -2.30. The van der Waals surface area contributed by atoms with Crippen molar-refractivity contribution in [2.24, 2.45) is 5.92 Å². The van der Waals surface area contributed by atoms with Gasteiger partial charge in [0.2, 0.25) is 0 Å². The number of carbonyl (C=O) groups is 2. The number of ether oxygens (including phenoxy) is 2. The van der Waals surface area contributed by atoms with Crippen LogP contribution in [0.5, 0.6) is 5.75 Å². The fourth-order valence-corrected chi connectivity index (χ4v) is 4.10. The zero-order valence-electron chi connectivity index (χ0n) is 15.7. The van der Waals surface area contributed by atoms with Gasteiger partial charge in [-0.15, -0.1) is 0 Å². The van der Waals surface area contributed by atoms with E-state index in [1.54, 1.807) is 6.26 Å².